The van der Waals surface area contributed by atoms with Crippen molar-refractivity contribution in [2.75, 3.05) is 73.8 Å². The smallest absolute Gasteiger partial charge is 0.273 e. The van der Waals surface area contributed by atoms with Gasteiger partial charge in [-0.05, 0) is 81.5 Å². The van der Waals surface area contributed by atoms with Crippen LogP contribution in [0.25, 0.3) is 11.1 Å². The number of fused-ring (bicyclic) bond motifs is 3. The van der Waals surface area contributed by atoms with Gasteiger partial charge < -0.3 is 35.6 Å². The van der Waals surface area contributed by atoms with Crippen molar-refractivity contribution in [3.05, 3.63) is 65.4 Å². The summed E-state index contributed by atoms with van der Waals surface area (Å²) >= 11 is 0. The number of anilines is 5. The fourth-order valence-electron chi connectivity index (χ4n) is 8.78. The molecule has 0 bridgehead atoms. The molecule has 3 amide bonds. The molecule has 7 heterocycles. The van der Waals surface area contributed by atoms with Gasteiger partial charge in [-0.15, -0.1) is 10.2 Å². The molecule has 4 fully saturated rings. The van der Waals surface area contributed by atoms with Crippen LogP contribution in [0.5, 0.6) is 0 Å². The predicted octanol–water partition coefficient (Wildman–Crippen LogP) is 3.93. The van der Waals surface area contributed by atoms with Crippen LogP contribution in [0.4, 0.5) is 28.6 Å². The minimum absolute atomic E-state index is 0.00666. The molecule has 296 valence electrons. The average Bonchev–Trinajstić information content (AvgIpc) is 3.75. The highest BCUT2D eigenvalue weighted by Gasteiger charge is 2.43. The number of aromatic nitrogens is 5. The van der Waals surface area contributed by atoms with Crippen molar-refractivity contribution in [2.45, 2.75) is 69.3 Å². The number of nitrogens with zero attached hydrogens (tertiary/aromatic N) is 9. The number of carbonyl (C=O) groups excluding carboxylic acids is 3. The number of hydrogen-bond donors (Lipinski definition) is 3. The van der Waals surface area contributed by atoms with Gasteiger partial charge in [-0.25, -0.2) is 4.98 Å². The Morgan fingerprint density at radius 2 is 1.64 bits per heavy atom. The van der Waals surface area contributed by atoms with Crippen molar-refractivity contribution in [3.8, 4) is 11.1 Å². The molecular weight excluding hydrogens is 730 g/mol. The van der Waals surface area contributed by atoms with E-state index in [0.29, 0.717) is 30.2 Å². The summed E-state index contributed by atoms with van der Waals surface area (Å²) in [4.78, 5) is 52.0. The lowest BCUT2D eigenvalue weighted by molar-refractivity contribution is -0.117. The second kappa shape index (κ2) is 15.1. The van der Waals surface area contributed by atoms with Gasteiger partial charge in [0.15, 0.2) is 11.5 Å². The van der Waals surface area contributed by atoms with Crippen LogP contribution in [0.3, 0.4) is 0 Å². The number of nitrogens with one attached hydrogen (secondary N) is 3. The maximum absolute atomic E-state index is 13.1. The third kappa shape index (κ3) is 6.86. The third-order valence-electron chi connectivity index (χ3n) is 12.5. The molecule has 3 saturated heterocycles. The van der Waals surface area contributed by atoms with Gasteiger partial charge in [-0.2, -0.15) is 5.10 Å². The minimum atomic E-state index is -1.38. The maximum atomic E-state index is 13.1. The molecule has 9 rings (SSSR count). The van der Waals surface area contributed by atoms with Crippen molar-refractivity contribution in [2.24, 2.45) is 5.92 Å². The van der Waals surface area contributed by atoms with E-state index in [1.807, 2.05) is 16.0 Å². The summed E-state index contributed by atoms with van der Waals surface area (Å²) in [7, 11) is 17.2. The summed E-state index contributed by atoms with van der Waals surface area (Å²) in [6.45, 7) is 6.62. The number of amides is 3. The van der Waals surface area contributed by atoms with Crippen LogP contribution in [-0.2, 0) is 10.1 Å². The van der Waals surface area contributed by atoms with Gasteiger partial charge in [0, 0.05) is 87.9 Å². The van der Waals surface area contributed by atoms with Crippen LogP contribution in [-0.4, -0.2) is 122 Å². The Morgan fingerprint density at radius 3 is 2.36 bits per heavy atom. The molecule has 3 aromatic heterocycles. The lowest BCUT2D eigenvalue weighted by atomic mass is 9.57. The first kappa shape index (κ1) is 38.1. The van der Waals surface area contributed by atoms with E-state index in [1.54, 1.807) is 31.3 Å². The lowest BCUT2D eigenvalue weighted by Crippen LogP contribution is -2.60. The first-order valence-corrected chi connectivity index (χ1v) is 20.5. The minimum Gasteiger partial charge on any atom is -0.371 e. The van der Waals surface area contributed by atoms with E-state index in [1.165, 1.54) is 6.42 Å². The van der Waals surface area contributed by atoms with E-state index < -0.39 is 11.2 Å². The molecule has 0 spiro atoms. The molecule has 4 aliphatic heterocycles. The Balaban J connectivity index is 1.03. The van der Waals surface area contributed by atoms with E-state index in [-0.39, 0.29) is 41.3 Å². The summed E-state index contributed by atoms with van der Waals surface area (Å²) in [6, 6.07) is 11.3. The summed E-state index contributed by atoms with van der Waals surface area (Å²) in [5.41, 5.74) is 7.31. The number of benzene rings is 1. The third-order valence-corrected chi connectivity index (χ3v) is 12.5. The summed E-state index contributed by atoms with van der Waals surface area (Å²) in [6.07, 6.45) is 9.07. The molecule has 4 radical (unpaired) electrons. The van der Waals surface area contributed by atoms with Gasteiger partial charge >= 0.3 is 0 Å². The highest BCUT2D eigenvalue weighted by atomic mass is 16.2. The Kier molecular flexibility index (Phi) is 9.89. The molecule has 58 heavy (non-hydrogen) atoms. The second-order valence-corrected chi connectivity index (χ2v) is 16.4. The van der Waals surface area contributed by atoms with E-state index >= 15 is 0 Å². The number of carbonyl (C=O) groups is 3. The number of piperidine rings is 1. The van der Waals surface area contributed by atoms with E-state index in [0.717, 1.165) is 98.6 Å². The van der Waals surface area contributed by atoms with Gasteiger partial charge in [-0.3, -0.25) is 19.1 Å². The molecule has 1 unspecified atom stereocenters. The van der Waals surface area contributed by atoms with E-state index in [4.69, 9.17) is 20.8 Å². The van der Waals surface area contributed by atoms with E-state index in [2.05, 4.69) is 71.7 Å². The quantitative estimate of drug-likeness (QED) is 0.201. The largest absolute Gasteiger partial charge is 0.371 e. The second-order valence-electron chi connectivity index (χ2n) is 16.4. The molecule has 1 aromatic carbocycles. The number of pyridine rings is 1. The van der Waals surface area contributed by atoms with Gasteiger partial charge in [0.25, 0.3) is 11.8 Å². The standard InChI is InChI=1S/C41H48B2N12O3/c1-24-36-29(21-45-55(36)27-22-54(23-27)41(42,43)33-11-9-10-30(47-33)40(58)53-16-7-8-17-53)28-18-26(52-14-5-4-6-15-52)19-32(37(28)51(24)3)46-31-20-34(48-38(56)25-12-13-25)49-50-35(31)39(57)44-2/h9-11,18-21,24-25,27H,4-8,12-17,22-23H2,1-3H3,(H,44,57)(H2,46,48,49,56). The highest BCUT2D eigenvalue weighted by Crippen LogP contribution is 2.51. The van der Waals surface area contributed by atoms with Crippen LogP contribution in [0, 0.1) is 5.92 Å². The van der Waals surface area contributed by atoms with Gasteiger partial charge in [-0.1, -0.05) is 6.07 Å². The molecule has 1 saturated carbocycles. The number of likely N-dealkylation sites (tertiary alicyclic amines) is 2. The van der Waals surface area contributed by atoms with Gasteiger partial charge in [0.05, 0.1) is 56.7 Å². The Morgan fingerprint density at radius 1 is 0.897 bits per heavy atom. The van der Waals surface area contributed by atoms with Crippen molar-refractivity contribution in [1.29, 1.82) is 0 Å². The van der Waals surface area contributed by atoms with Gasteiger partial charge in [0.2, 0.25) is 5.91 Å². The monoisotopic (exact) mass is 778 g/mol. The molecular formula is C41H48B2N12O3. The van der Waals surface area contributed by atoms with Crippen LogP contribution < -0.4 is 25.8 Å². The summed E-state index contributed by atoms with van der Waals surface area (Å²) < 4.78 is 2.11. The van der Waals surface area contributed by atoms with E-state index in [9.17, 15) is 14.4 Å². The Hall–Kier alpha value is -5.44. The zero-order valence-electron chi connectivity index (χ0n) is 33.4. The van der Waals surface area contributed by atoms with Crippen molar-refractivity contribution in [1.82, 2.24) is 40.1 Å². The molecule has 1 atom stereocenters. The number of rotatable bonds is 10. The van der Waals surface area contributed by atoms with Crippen molar-refractivity contribution in [3.63, 3.8) is 0 Å². The zero-order valence-corrected chi connectivity index (χ0v) is 33.4. The fourth-order valence-corrected chi connectivity index (χ4v) is 8.78. The SMILES string of the molecule is [B]C([B])(c1cccc(C(=O)N2CCCC2)n1)N1CC(n2ncc3c2C(C)N(C)c2c(Nc4cc(NC(=O)C5CC5)nnc4C(=O)NC)cc(N4CCCCC4)cc2-3)C1. The van der Waals surface area contributed by atoms with Crippen LogP contribution >= 0.6 is 0 Å². The Labute approximate surface area is 341 Å². The highest BCUT2D eigenvalue weighted by molar-refractivity contribution is 6.39. The van der Waals surface area contributed by atoms with Crippen molar-refractivity contribution < 1.29 is 14.4 Å². The van der Waals surface area contributed by atoms with Crippen molar-refractivity contribution >= 4 is 62.0 Å². The van der Waals surface area contributed by atoms with Crippen LogP contribution in [0.15, 0.2) is 42.6 Å². The predicted molar refractivity (Wildman–Crippen MR) is 224 cm³/mol. The number of hydrogen-bond acceptors (Lipinski definition) is 11. The average molecular weight is 779 g/mol. The van der Waals surface area contributed by atoms with Crippen LogP contribution in [0.1, 0.15) is 96.3 Å². The first-order valence-electron chi connectivity index (χ1n) is 20.5. The molecule has 15 nitrogen and oxygen atoms in total. The molecule has 5 aliphatic rings. The summed E-state index contributed by atoms with van der Waals surface area (Å²) in [5.74, 6) is -0.313. The first-order chi connectivity index (χ1) is 28.0. The molecule has 4 aromatic rings. The maximum Gasteiger partial charge on any atom is 0.273 e. The normalized spacial score (nSPS) is 19.6. The molecule has 3 N–H and O–H groups in total. The topological polar surface area (TPSA) is 157 Å². The summed E-state index contributed by atoms with van der Waals surface area (Å²) in [5, 5.41) is 21.2. The van der Waals surface area contributed by atoms with Gasteiger partial charge in [0.1, 0.15) is 5.69 Å². The zero-order chi connectivity index (χ0) is 40.3. The fraction of sp³-hybridized carbons (Fsp3) is 0.488. The Bertz CT molecular complexity index is 2260. The lowest BCUT2D eigenvalue weighted by Gasteiger charge is -2.50. The molecule has 17 heteroatoms. The van der Waals surface area contributed by atoms with Crippen LogP contribution in [0.2, 0.25) is 0 Å². The molecule has 1 aliphatic carbocycles.